The lowest BCUT2D eigenvalue weighted by molar-refractivity contribution is -0.112. The number of amides is 1. The van der Waals surface area contributed by atoms with Crippen LogP contribution in [0.4, 0.5) is 5.69 Å². The molecule has 3 aromatic carbocycles. The molecule has 0 aliphatic carbocycles. The van der Waals surface area contributed by atoms with E-state index in [1.807, 2.05) is 12.1 Å². The Labute approximate surface area is 167 Å². The topological polar surface area (TPSA) is 99.4 Å². The van der Waals surface area contributed by atoms with Crippen LogP contribution in [-0.4, -0.2) is 17.0 Å². The summed E-state index contributed by atoms with van der Waals surface area (Å²) in [6.07, 6.45) is 1.46. The molecule has 1 amide bonds. The van der Waals surface area contributed by atoms with Crippen molar-refractivity contribution in [2.75, 3.05) is 5.32 Å². The van der Waals surface area contributed by atoms with Crippen molar-refractivity contribution in [2.45, 2.75) is 0 Å². The Morgan fingerprint density at radius 1 is 0.966 bits per heavy atom. The summed E-state index contributed by atoms with van der Waals surface area (Å²) in [5.41, 5.74) is 0.800. The SMILES string of the molecule is N#CC(=Cc1ccccc1)C(=O)Nc1ccc(C(=O)Oc2ccccc2)c(O)c1. The van der Waals surface area contributed by atoms with Gasteiger partial charge in [0.25, 0.3) is 5.91 Å². The van der Waals surface area contributed by atoms with Gasteiger partial charge in [0.05, 0.1) is 0 Å². The number of para-hydroxylation sites is 1. The molecule has 6 heteroatoms. The van der Waals surface area contributed by atoms with Crippen molar-refractivity contribution >= 4 is 23.6 Å². The number of phenolic OH excluding ortho intramolecular Hbond substituents is 1. The molecule has 0 atom stereocenters. The number of hydrogen-bond donors (Lipinski definition) is 2. The molecular formula is C23H16N2O4. The van der Waals surface area contributed by atoms with Crippen molar-refractivity contribution < 1.29 is 19.4 Å². The van der Waals surface area contributed by atoms with Crippen molar-refractivity contribution in [1.82, 2.24) is 0 Å². The number of nitriles is 1. The molecule has 6 nitrogen and oxygen atoms in total. The summed E-state index contributed by atoms with van der Waals surface area (Å²) < 4.78 is 5.19. The van der Waals surface area contributed by atoms with Gasteiger partial charge in [-0.15, -0.1) is 0 Å². The summed E-state index contributed by atoms with van der Waals surface area (Å²) in [6, 6.07) is 23.3. The van der Waals surface area contributed by atoms with Gasteiger partial charge in [0.2, 0.25) is 0 Å². The minimum absolute atomic E-state index is 0.0489. The standard InChI is InChI=1S/C23H16N2O4/c24-15-17(13-16-7-3-1-4-8-16)22(27)25-18-11-12-20(21(26)14-18)23(28)29-19-9-5-2-6-10-19/h1-14,26H,(H,25,27). The van der Waals surface area contributed by atoms with E-state index < -0.39 is 11.9 Å². The molecular weight excluding hydrogens is 368 g/mol. The van der Waals surface area contributed by atoms with Gasteiger partial charge in [-0.25, -0.2) is 4.79 Å². The fraction of sp³-hybridized carbons (Fsp3) is 0. The zero-order valence-corrected chi connectivity index (χ0v) is 15.2. The molecule has 0 aliphatic rings. The number of nitrogens with one attached hydrogen (secondary N) is 1. The van der Waals surface area contributed by atoms with Gasteiger partial charge in [0, 0.05) is 11.8 Å². The Morgan fingerprint density at radius 2 is 1.62 bits per heavy atom. The highest BCUT2D eigenvalue weighted by atomic mass is 16.5. The van der Waals surface area contributed by atoms with E-state index in [1.165, 1.54) is 24.3 Å². The van der Waals surface area contributed by atoms with Gasteiger partial charge in [-0.1, -0.05) is 48.5 Å². The zero-order valence-electron chi connectivity index (χ0n) is 15.2. The molecule has 0 heterocycles. The summed E-state index contributed by atoms with van der Waals surface area (Å²) in [7, 11) is 0. The molecule has 3 aromatic rings. The quantitative estimate of drug-likeness (QED) is 0.298. The highest BCUT2D eigenvalue weighted by molar-refractivity contribution is 6.10. The van der Waals surface area contributed by atoms with E-state index in [9.17, 15) is 20.0 Å². The average Bonchev–Trinajstić information content (AvgIpc) is 2.73. The third-order valence-corrected chi connectivity index (χ3v) is 3.90. The lowest BCUT2D eigenvalue weighted by Gasteiger charge is -2.09. The van der Waals surface area contributed by atoms with Crippen molar-refractivity contribution in [1.29, 1.82) is 5.26 Å². The number of carbonyl (C=O) groups excluding carboxylic acids is 2. The molecule has 0 saturated carbocycles. The van der Waals surface area contributed by atoms with Gasteiger partial charge in [0.1, 0.15) is 28.7 Å². The predicted octanol–water partition coefficient (Wildman–Crippen LogP) is 4.16. The van der Waals surface area contributed by atoms with Crippen LogP contribution >= 0.6 is 0 Å². The van der Waals surface area contributed by atoms with E-state index in [0.29, 0.717) is 11.3 Å². The molecule has 2 N–H and O–H groups in total. The van der Waals surface area contributed by atoms with Crippen LogP contribution in [-0.2, 0) is 4.79 Å². The van der Waals surface area contributed by atoms with Crippen molar-refractivity contribution in [3.8, 4) is 17.6 Å². The van der Waals surface area contributed by atoms with Crippen LogP contribution in [0.25, 0.3) is 6.08 Å². The van der Waals surface area contributed by atoms with E-state index in [2.05, 4.69) is 5.32 Å². The first-order valence-corrected chi connectivity index (χ1v) is 8.65. The van der Waals surface area contributed by atoms with Gasteiger partial charge >= 0.3 is 5.97 Å². The maximum Gasteiger partial charge on any atom is 0.347 e. The second kappa shape index (κ2) is 9.02. The molecule has 0 unspecified atom stereocenters. The van der Waals surface area contributed by atoms with Crippen molar-refractivity contribution in [3.05, 3.63) is 95.6 Å². The first kappa shape index (κ1) is 19.4. The maximum atomic E-state index is 12.3. The van der Waals surface area contributed by atoms with Crippen molar-refractivity contribution in [3.63, 3.8) is 0 Å². The van der Waals surface area contributed by atoms with Gasteiger partial charge in [0.15, 0.2) is 0 Å². The predicted molar refractivity (Wildman–Crippen MR) is 108 cm³/mol. The van der Waals surface area contributed by atoms with Crippen LogP contribution in [0.2, 0.25) is 0 Å². The largest absolute Gasteiger partial charge is 0.507 e. The monoisotopic (exact) mass is 384 g/mol. The van der Waals surface area contributed by atoms with Crippen LogP contribution in [0.3, 0.4) is 0 Å². The summed E-state index contributed by atoms with van der Waals surface area (Å²) in [5.74, 6) is -1.36. The van der Waals surface area contributed by atoms with Crippen molar-refractivity contribution in [2.24, 2.45) is 0 Å². The van der Waals surface area contributed by atoms with Crippen LogP contribution in [0, 0.1) is 11.3 Å². The number of hydrogen-bond acceptors (Lipinski definition) is 5. The Hall–Kier alpha value is -4.37. The Balaban J connectivity index is 1.73. The van der Waals surface area contributed by atoms with Gasteiger partial charge in [-0.2, -0.15) is 5.26 Å². The lowest BCUT2D eigenvalue weighted by Crippen LogP contribution is -2.14. The summed E-state index contributed by atoms with van der Waals surface area (Å²) in [6.45, 7) is 0. The molecule has 0 bridgehead atoms. The number of benzene rings is 3. The van der Waals surface area contributed by atoms with Crippen LogP contribution in [0.15, 0.2) is 84.4 Å². The molecule has 0 fully saturated rings. The summed E-state index contributed by atoms with van der Waals surface area (Å²) >= 11 is 0. The molecule has 0 aromatic heterocycles. The number of esters is 1. The Bertz CT molecular complexity index is 1100. The molecule has 29 heavy (non-hydrogen) atoms. The number of aromatic hydroxyl groups is 1. The zero-order chi connectivity index (χ0) is 20.6. The number of nitrogens with zero attached hydrogens (tertiary/aromatic N) is 1. The smallest absolute Gasteiger partial charge is 0.347 e. The normalized spacial score (nSPS) is 10.7. The highest BCUT2D eigenvalue weighted by Crippen LogP contribution is 2.24. The maximum absolute atomic E-state index is 12.3. The Morgan fingerprint density at radius 3 is 2.24 bits per heavy atom. The third kappa shape index (κ3) is 5.08. The fourth-order valence-corrected chi connectivity index (χ4v) is 2.50. The van der Waals surface area contributed by atoms with E-state index in [4.69, 9.17) is 4.74 Å². The molecule has 142 valence electrons. The first-order valence-electron chi connectivity index (χ1n) is 8.65. The lowest BCUT2D eigenvalue weighted by atomic mass is 10.1. The van der Waals surface area contributed by atoms with E-state index in [0.717, 1.165) is 0 Å². The van der Waals surface area contributed by atoms with E-state index >= 15 is 0 Å². The third-order valence-electron chi connectivity index (χ3n) is 3.90. The van der Waals surface area contributed by atoms with Gasteiger partial charge < -0.3 is 15.2 Å². The number of ether oxygens (including phenoxy) is 1. The Kier molecular flexibility index (Phi) is 6.03. The molecule has 0 radical (unpaired) electrons. The number of rotatable bonds is 5. The van der Waals surface area contributed by atoms with E-state index in [-0.39, 0.29) is 22.6 Å². The fourth-order valence-electron chi connectivity index (χ4n) is 2.50. The minimum atomic E-state index is -0.728. The number of anilines is 1. The van der Waals surface area contributed by atoms with Gasteiger partial charge in [-0.3, -0.25) is 4.79 Å². The van der Waals surface area contributed by atoms with Gasteiger partial charge in [-0.05, 0) is 35.9 Å². The molecule has 3 rings (SSSR count). The molecule has 0 saturated heterocycles. The highest BCUT2D eigenvalue weighted by Gasteiger charge is 2.16. The average molecular weight is 384 g/mol. The second-order valence-electron chi connectivity index (χ2n) is 5.97. The summed E-state index contributed by atoms with van der Waals surface area (Å²) in [4.78, 5) is 24.5. The summed E-state index contributed by atoms with van der Waals surface area (Å²) in [5, 5.41) is 21.9. The second-order valence-corrected chi connectivity index (χ2v) is 5.97. The van der Waals surface area contributed by atoms with Crippen LogP contribution in [0.1, 0.15) is 15.9 Å². The number of carbonyl (C=O) groups is 2. The first-order chi connectivity index (χ1) is 14.1. The minimum Gasteiger partial charge on any atom is -0.507 e. The number of phenols is 1. The van der Waals surface area contributed by atoms with Crippen LogP contribution < -0.4 is 10.1 Å². The molecule has 0 spiro atoms. The molecule has 0 aliphatic heterocycles. The van der Waals surface area contributed by atoms with Crippen LogP contribution in [0.5, 0.6) is 11.5 Å². The van der Waals surface area contributed by atoms with E-state index in [1.54, 1.807) is 54.6 Å².